The molecular weight excluding hydrogens is 371 g/mol. The summed E-state index contributed by atoms with van der Waals surface area (Å²) in [4.78, 5) is 8.28. The standard InChI is InChI=1S/C19H20Cl2N4O/c1-3-4-16(24-18-17-15(26-25-18)9-22-10-23-17)19(8-11(19)2)13-6-5-12(20)7-14(13)21/h5-7,9-11,16H,3-4,8H2,1-2H3,(H,24,25). The van der Waals surface area contributed by atoms with Gasteiger partial charge in [0.05, 0.1) is 6.20 Å². The van der Waals surface area contributed by atoms with E-state index in [2.05, 4.69) is 40.4 Å². The lowest BCUT2D eigenvalue weighted by Gasteiger charge is -2.30. The Kier molecular flexibility index (Phi) is 4.53. The van der Waals surface area contributed by atoms with Crippen LogP contribution < -0.4 is 5.32 Å². The third-order valence-electron chi connectivity index (χ3n) is 5.44. The third-order valence-corrected chi connectivity index (χ3v) is 5.99. The minimum atomic E-state index is -0.0456. The zero-order chi connectivity index (χ0) is 18.3. The summed E-state index contributed by atoms with van der Waals surface area (Å²) >= 11 is 12.7. The molecule has 1 saturated carbocycles. The predicted octanol–water partition coefficient (Wildman–Crippen LogP) is 5.48. The molecule has 0 bridgehead atoms. The summed E-state index contributed by atoms with van der Waals surface area (Å²) in [6.07, 6.45) is 6.23. The Morgan fingerprint density at radius 3 is 2.88 bits per heavy atom. The lowest BCUT2D eigenvalue weighted by molar-refractivity contribution is 0.446. The summed E-state index contributed by atoms with van der Waals surface area (Å²) in [6, 6.07) is 5.97. The van der Waals surface area contributed by atoms with E-state index in [1.807, 2.05) is 12.1 Å². The monoisotopic (exact) mass is 390 g/mol. The van der Waals surface area contributed by atoms with Gasteiger partial charge in [0.2, 0.25) is 5.58 Å². The second-order valence-electron chi connectivity index (χ2n) is 7.02. The number of nitrogens with zero attached hydrogens (tertiary/aromatic N) is 3. The summed E-state index contributed by atoms with van der Waals surface area (Å²) in [5.41, 5.74) is 2.37. The van der Waals surface area contributed by atoms with Crippen LogP contribution in [0.1, 0.15) is 38.7 Å². The fourth-order valence-corrected chi connectivity index (χ4v) is 4.65. The van der Waals surface area contributed by atoms with E-state index in [0.717, 1.165) is 29.8 Å². The van der Waals surface area contributed by atoms with Gasteiger partial charge >= 0.3 is 0 Å². The molecule has 3 aromatic rings. The Morgan fingerprint density at radius 2 is 2.19 bits per heavy atom. The van der Waals surface area contributed by atoms with Crippen molar-refractivity contribution in [2.24, 2.45) is 5.92 Å². The molecule has 1 N–H and O–H groups in total. The second-order valence-corrected chi connectivity index (χ2v) is 7.87. The molecule has 0 aliphatic heterocycles. The highest BCUT2D eigenvalue weighted by molar-refractivity contribution is 6.35. The second kappa shape index (κ2) is 6.71. The van der Waals surface area contributed by atoms with Crippen LogP contribution in [0.3, 0.4) is 0 Å². The number of anilines is 1. The van der Waals surface area contributed by atoms with Crippen molar-refractivity contribution >= 4 is 40.1 Å². The van der Waals surface area contributed by atoms with Gasteiger partial charge in [0.25, 0.3) is 0 Å². The van der Waals surface area contributed by atoms with Crippen molar-refractivity contribution in [3.63, 3.8) is 0 Å². The Morgan fingerprint density at radius 1 is 1.38 bits per heavy atom. The Labute approximate surface area is 162 Å². The molecule has 2 heterocycles. The lowest BCUT2D eigenvalue weighted by atomic mass is 9.83. The van der Waals surface area contributed by atoms with Crippen molar-refractivity contribution in [1.29, 1.82) is 0 Å². The van der Waals surface area contributed by atoms with Crippen LogP contribution in [-0.4, -0.2) is 21.2 Å². The summed E-state index contributed by atoms with van der Waals surface area (Å²) in [7, 11) is 0. The molecule has 1 fully saturated rings. The fraction of sp³-hybridized carbons (Fsp3) is 0.421. The maximum atomic E-state index is 6.57. The van der Waals surface area contributed by atoms with E-state index in [1.165, 1.54) is 6.33 Å². The number of hydrogen-bond donors (Lipinski definition) is 1. The molecule has 0 amide bonds. The number of fused-ring (bicyclic) bond motifs is 1. The molecule has 5 nitrogen and oxygen atoms in total. The fourth-order valence-electron chi connectivity index (χ4n) is 4.07. The molecule has 0 saturated heterocycles. The maximum absolute atomic E-state index is 6.57. The first-order chi connectivity index (χ1) is 12.6. The van der Waals surface area contributed by atoms with Gasteiger partial charge in [0.1, 0.15) is 6.33 Å². The molecule has 2 aromatic heterocycles. The number of nitrogens with one attached hydrogen (secondary N) is 1. The van der Waals surface area contributed by atoms with E-state index in [-0.39, 0.29) is 11.5 Å². The van der Waals surface area contributed by atoms with Gasteiger partial charge in [0.15, 0.2) is 11.3 Å². The van der Waals surface area contributed by atoms with Crippen molar-refractivity contribution < 1.29 is 4.52 Å². The van der Waals surface area contributed by atoms with Gasteiger partial charge in [-0.3, -0.25) is 0 Å². The van der Waals surface area contributed by atoms with E-state index in [1.54, 1.807) is 6.20 Å². The highest BCUT2D eigenvalue weighted by Gasteiger charge is 2.58. The summed E-state index contributed by atoms with van der Waals surface area (Å²) in [5, 5.41) is 9.13. The number of halogens is 2. The average Bonchev–Trinajstić information content (AvgIpc) is 3.12. The van der Waals surface area contributed by atoms with Crippen LogP contribution in [0.2, 0.25) is 10.0 Å². The first-order valence-electron chi connectivity index (χ1n) is 8.83. The highest BCUT2D eigenvalue weighted by Crippen LogP contribution is 2.59. The molecule has 0 radical (unpaired) electrons. The van der Waals surface area contributed by atoms with E-state index in [9.17, 15) is 0 Å². The van der Waals surface area contributed by atoms with Gasteiger partial charge in [-0.15, -0.1) is 0 Å². The van der Waals surface area contributed by atoms with Crippen molar-refractivity contribution in [2.45, 2.75) is 44.6 Å². The molecule has 0 spiro atoms. The van der Waals surface area contributed by atoms with Crippen LogP contribution in [-0.2, 0) is 5.41 Å². The molecule has 3 unspecified atom stereocenters. The minimum Gasteiger partial charge on any atom is -0.362 e. The molecule has 26 heavy (non-hydrogen) atoms. The van der Waals surface area contributed by atoms with Crippen molar-refractivity contribution in [3.05, 3.63) is 46.3 Å². The van der Waals surface area contributed by atoms with Gasteiger partial charge in [-0.2, -0.15) is 0 Å². The zero-order valence-electron chi connectivity index (χ0n) is 14.7. The summed E-state index contributed by atoms with van der Waals surface area (Å²) in [5.74, 6) is 1.17. The van der Waals surface area contributed by atoms with Gasteiger partial charge in [0, 0.05) is 21.5 Å². The Bertz CT molecular complexity index is 944. The molecule has 3 atom stereocenters. The van der Waals surface area contributed by atoms with Crippen molar-refractivity contribution in [3.8, 4) is 0 Å². The Balaban J connectivity index is 1.73. The highest BCUT2D eigenvalue weighted by atomic mass is 35.5. The van der Waals surface area contributed by atoms with Crippen LogP contribution >= 0.6 is 23.2 Å². The van der Waals surface area contributed by atoms with E-state index >= 15 is 0 Å². The molecule has 1 aliphatic rings. The third kappa shape index (κ3) is 2.83. The molecule has 4 rings (SSSR count). The largest absolute Gasteiger partial charge is 0.362 e. The van der Waals surface area contributed by atoms with E-state index < -0.39 is 0 Å². The summed E-state index contributed by atoms with van der Waals surface area (Å²) in [6.45, 7) is 4.44. The number of aromatic nitrogens is 3. The van der Waals surface area contributed by atoms with Gasteiger partial charge < -0.3 is 9.84 Å². The van der Waals surface area contributed by atoms with Crippen LogP contribution in [0, 0.1) is 5.92 Å². The average molecular weight is 391 g/mol. The number of hydrogen-bond acceptors (Lipinski definition) is 5. The van der Waals surface area contributed by atoms with Gasteiger partial charge in [-0.1, -0.05) is 54.7 Å². The molecule has 1 aromatic carbocycles. The van der Waals surface area contributed by atoms with Gasteiger partial charge in [-0.05, 0) is 36.5 Å². The first-order valence-corrected chi connectivity index (χ1v) is 9.59. The first kappa shape index (κ1) is 17.6. The smallest absolute Gasteiger partial charge is 0.205 e. The van der Waals surface area contributed by atoms with Crippen molar-refractivity contribution in [2.75, 3.05) is 5.32 Å². The molecule has 1 aliphatic carbocycles. The number of benzene rings is 1. The minimum absolute atomic E-state index is 0.0456. The van der Waals surface area contributed by atoms with Crippen LogP contribution in [0.25, 0.3) is 11.1 Å². The summed E-state index contributed by atoms with van der Waals surface area (Å²) < 4.78 is 5.35. The maximum Gasteiger partial charge on any atom is 0.205 e. The zero-order valence-corrected chi connectivity index (χ0v) is 16.2. The Hall–Kier alpha value is -1.85. The van der Waals surface area contributed by atoms with E-state index in [4.69, 9.17) is 27.7 Å². The normalized spacial score (nSPS) is 23.2. The van der Waals surface area contributed by atoms with Crippen LogP contribution in [0.5, 0.6) is 0 Å². The van der Waals surface area contributed by atoms with Gasteiger partial charge in [-0.25, -0.2) is 9.97 Å². The van der Waals surface area contributed by atoms with E-state index in [0.29, 0.717) is 27.9 Å². The quantitative estimate of drug-likeness (QED) is 0.603. The van der Waals surface area contributed by atoms with Crippen LogP contribution in [0.4, 0.5) is 5.82 Å². The topological polar surface area (TPSA) is 63.8 Å². The van der Waals surface area contributed by atoms with Crippen LogP contribution in [0.15, 0.2) is 35.2 Å². The lowest BCUT2D eigenvalue weighted by Crippen LogP contribution is -2.35. The SMILES string of the molecule is CCCC(Nc1noc2cncnc12)C1(c2ccc(Cl)cc2Cl)CC1C. The molecule has 7 heteroatoms. The van der Waals surface area contributed by atoms with Crippen molar-refractivity contribution in [1.82, 2.24) is 15.1 Å². The molecular formula is C19H20Cl2N4O. The predicted molar refractivity (Wildman–Crippen MR) is 104 cm³/mol. The number of rotatable bonds is 6. The molecule has 136 valence electrons.